The number of ether oxygens (including phenoxy) is 2. The Morgan fingerprint density at radius 1 is 1.38 bits per heavy atom. The lowest BCUT2D eigenvalue weighted by Gasteiger charge is -2.14. The van der Waals surface area contributed by atoms with Crippen LogP contribution in [0.3, 0.4) is 0 Å². The summed E-state index contributed by atoms with van der Waals surface area (Å²) >= 11 is 0. The predicted octanol–water partition coefficient (Wildman–Crippen LogP) is 2.00. The number of carbonyl (C=O) groups excluding carboxylic acids is 1. The molecule has 5 nitrogen and oxygen atoms in total. The van der Waals surface area contributed by atoms with Crippen molar-refractivity contribution in [2.24, 2.45) is 0 Å². The Kier molecular flexibility index (Phi) is 7.32. The number of rotatable bonds is 6. The Morgan fingerprint density at radius 3 is 2.81 bits per heavy atom. The summed E-state index contributed by atoms with van der Waals surface area (Å²) < 4.78 is 10.5. The molecule has 0 radical (unpaired) electrons. The van der Waals surface area contributed by atoms with Crippen LogP contribution in [-0.4, -0.2) is 39.3 Å². The van der Waals surface area contributed by atoms with Crippen LogP contribution in [-0.2, 0) is 0 Å². The van der Waals surface area contributed by atoms with Crippen molar-refractivity contribution in [1.29, 1.82) is 0 Å². The topological polar surface area (TPSA) is 59.6 Å². The number of nitrogens with one attached hydrogen (secondary N) is 2. The van der Waals surface area contributed by atoms with Gasteiger partial charge in [-0.1, -0.05) is 6.07 Å². The minimum absolute atomic E-state index is 0. The molecule has 1 aliphatic rings. The van der Waals surface area contributed by atoms with Crippen molar-refractivity contribution >= 4 is 18.3 Å². The van der Waals surface area contributed by atoms with Crippen molar-refractivity contribution in [3.05, 3.63) is 23.8 Å². The summed E-state index contributed by atoms with van der Waals surface area (Å²) in [5.41, 5.74) is 0.506. The van der Waals surface area contributed by atoms with Crippen molar-refractivity contribution in [3.63, 3.8) is 0 Å². The molecule has 1 saturated heterocycles. The number of amides is 1. The maximum atomic E-state index is 12.2. The smallest absolute Gasteiger partial charge is 0.255 e. The standard InChI is InChI=1S/C15H22N2O3.ClH/c1-19-13-7-3-6-12(14(13)20-2)15(18)17-10-8-11-5-4-9-16-11;/h3,6-7,11,16H,4-5,8-10H2,1-2H3,(H,17,18);1H/t11-;/m1./s1. The van der Waals surface area contributed by atoms with Gasteiger partial charge in [0.2, 0.25) is 0 Å². The molecule has 2 rings (SSSR count). The molecule has 0 saturated carbocycles. The van der Waals surface area contributed by atoms with Crippen molar-refractivity contribution in [3.8, 4) is 11.5 Å². The van der Waals surface area contributed by atoms with Gasteiger partial charge in [0.1, 0.15) is 0 Å². The van der Waals surface area contributed by atoms with Crippen LogP contribution < -0.4 is 20.1 Å². The molecule has 1 aromatic rings. The molecule has 118 valence electrons. The normalized spacial score (nSPS) is 17.0. The van der Waals surface area contributed by atoms with Crippen LogP contribution in [0.1, 0.15) is 29.6 Å². The number of carbonyl (C=O) groups is 1. The average Bonchev–Trinajstić information content (AvgIpc) is 2.99. The maximum absolute atomic E-state index is 12.2. The first kappa shape index (κ1) is 17.6. The van der Waals surface area contributed by atoms with Gasteiger partial charge in [-0.3, -0.25) is 4.79 Å². The van der Waals surface area contributed by atoms with Crippen LogP contribution in [0.15, 0.2) is 18.2 Å². The lowest BCUT2D eigenvalue weighted by atomic mass is 10.1. The van der Waals surface area contributed by atoms with Crippen molar-refractivity contribution in [2.45, 2.75) is 25.3 Å². The zero-order chi connectivity index (χ0) is 14.4. The van der Waals surface area contributed by atoms with E-state index in [0.717, 1.165) is 13.0 Å². The zero-order valence-electron chi connectivity index (χ0n) is 12.5. The molecule has 1 amide bonds. The minimum atomic E-state index is -0.126. The molecule has 0 unspecified atom stereocenters. The first-order valence-electron chi connectivity index (χ1n) is 6.99. The van der Waals surface area contributed by atoms with Gasteiger partial charge in [0.15, 0.2) is 11.5 Å². The predicted molar refractivity (Wildman–Crippen MR) is 84.8 cm³/mol. The summed E-state index contributed by atoms with van der Waals surface area (Å²) in [5, 5.41) is 6.35. The number of halogens is 1. The molecule has 0 spiro atoms. The summed E-state index contributed by atoms with van der Waals surface area (Å²) in [5.74, 6) is 0.919. The van der Waals surface area contributed by atoms with Crippen molar-refractivity contribution in [2.75, 3.05) is 27.3 Å². The molecule has 1 heterocycles. The van der Waals surface area contributed by atoms with Gasteiger partial charge in [-0.15, -0.1) is 12.4 Å². The fraction of sp³-hybridized carbons (Fsp3) is 0.533. The number of hydrogen-bond donors (Lipinski definition) is 2. The Hall–Kier alpha value is -1.46. The highest BCUT2D eigenvalue weighted by Crippen LogP contribution is 2.30. The van der Waals surface area contributed by atoms with Gasteiger partial charge in [-0.05, 0) is 37.9 Å². The molecule has 0 bridgehead atoms. The summed E-state index contributed by atoms with van der Waals surface area (Å²) in [4.78, 5) is 12.2. The van der Waals surface area contributed by atoms with Gasteiger partial charge in [-0.2, -0.15) is 0 Å². The molecule has 21 heavy (non-hydrogen) atoms. The molecular formula is C15H23ClN2O3. The fourth-order valence-electron chi connectivity index (χ4n) is 2.52. The Labute approximate surface area is 131 Å². The number of methoxy groups -OCH3 is 2. The molecule has 1 atom stereocenters. The SMILES string of the molecule is COc1cccc(C(=O)NCC[C@H]2CCCN2)c1OC.Cl. The molecular weight excluding hydrogens is 292 g/mol. The Bertz CT molecular complexity index is 462. The van der Waals surface area contributed by atoms with Crippen LogP contribution in [0.2, 0.25) is 0 Å². The van der Waals surface area contributed by atoms with E-state index < -0.39 is 0 Å². The highest BCUT2D eigenvalue weighted by molar-refractivity contribution is 5.97. The maximum Gasteiger partial charge on any atom is 0.255 e. The van der Waals surface area contributed by atoms with E-state index in [1.807, 2.05) is 0 Å². The summed E-state index contributed by atoms with van der Waals surface area (Å²) in [6, 6.07) is 5.83. The highest BCUT2D eigenvalue weighted by atomic mass is 35.5. The lowest BCUT2D eigenvalue weighted by Crippen LogP contribution is -2.30. The molecule has 6 heteroatoms. The fourth-order valence-corrected chi connectivity index (χ4v) is 2.52. The van der Waals surface area contributed by atoms with Crippen molar-refractivity contribution < 1.29 is 14.3 Å². The third-order valence-electron chi connectivity index (χ3n) is 3.59. The van der Waals surface area contributed by atoms with E-state index in [4.69, 9.17) is 9.47 Å². The Balaban J connectivity index is 0.00000220. The first-order chi connectivity index (χ1) is 9.76. The third kappa shape index (κ3) is 4.51. The average molecular weight is 315 g/mol. The van der Waals surface area contributed by atoms with Gasteiger partial charge in [-0.25, -0.2) is 0 Å². The lowest BCUT2D eigenvalue weighted by molar-refractivity contribution is 0.0948. The monoisotopic (exact) mass is 314 g/mol. The number of hydrogen-bond acceptors (Lipinski definition) is 4. The molecule has 1 aromatic carbocycles. The highest BCUT2D eigenvalue weighted by Gasteiger charge is 2.17. The van der Waals surface area contributed by atoms with E-state index in [9.17, 15) is 4.79 Å². The quantitative estimate of drug-likeness (QED) is 0.843. The van der Waals surface area contributed by atoms with E-state index >= 15 is 0 Å². The van der Waals surface area contributed by atoms with Gasteiger partial charge in [0, 0.05) is 12.6 Å². The summed E-state index contributed by atoms with van der Waals surface area (Å²) in [6.07, 6.45) is 3.37. The van der Waals surface area contributed by atoms with Crippen molar-refractivity contribution in [1.82, 2.24) is 10.6 Å². The van der Waals surface area contributed by atoms with Gasteiger partial charge >= 0.3 is 0 Å². The minimum Gasteiger partial charge on any atom is -0.493 e. The van der Waals surface area contributed by atoms with E-state index in [1.165, 1.54) is 20.0 Å². The van der Waals surface area contributed by atoms with Gasteiger partial charge < -0.3 is 20.1 Å². The van der Waals surface area contributed by atoms with E-state index in [2.05, 4.69) is 10.6 Å². The van der Waals surface area contributed by atoms with Crippen LogP contribution in [0.4, 0.5) is 0 Å². The second-order valence-electron chi connectivity index (χ2n) is 4.88. The van der Waals surface area contributed by atoms with E-state index in [0.29, 0.717) is 29.6 Å². The van der Waals surface area contributed by atoms with Crippen LogP contribution in [0.25, 0.3) is 0 Å². The van der Waals surface area contributed by atoms with Crippen LogP contribution in [0, 0.1) is 0 Å². The van der Waals surface area contributed by atoms with E-state index in [-0.39, 0.29) is 18.3 Å². The first-order valence-corrected chi connectivity index (χ1v) is 6.99. The second-order valence-corrected chi connectivity index (χ2v) is 4.88. The van der Waals surface area contributed by atoms with Gasteiger partial charge in [0.25, 0.3) is 5.91 Å². The van der Waals surface area contributed by atoms with Crippen LogP contribution >= 0.6 is 12.4 Å². The number of benzene rings is 1. The number of para-hydroxylation sites is 1. The zero-order valence-corrected chi connectivity index (χ0v) is 13.3. The molecule has 2 N–H and O–H groups in total. The Morgan fingerprint density at radius 2 is 2.19 bits per heavy atom. The second kappa shape index (κ2) is 8.74. The molecule has 0 aliphatic carbocycles. The molecule has 0 aromatic heterocycles. The molecule has 1 aliphatic heterocycles. The van der Waals surface area contributed by atoms with Crippen LogP contribution in [0.5, 0.6) is 11.5 Å². The third-order valence-corrected chi connectivity index (χ3v) is 3.59. The van der Waals surface area contributed by atoms with E-state index in [1.54, 1.807) is 25.3 Å². The van der Waals surface area contributed by atoms with Gasteiger partial charge in [0.05, 0.1) is 19.8 Å². The summed E-state index contributed by atoms with van der Waals surface area (Å²) in [7, 11) is 3.10. The summed E-state index contributed by atoms with van der Waals surface area (Å²) in [6.45, 7) is 1.75. The molecule has 1 fully saturated rings. The largest absolute Gasteiger partial charge is 0.493 e.